The number of rotatable bonds is 3. The lowest BCUT2D eigenvalue weighted by Crippen LogP contribution is -2.04. The molecule has 0 atom stereocenters. The van der Waals surface area contributed by atoms with Crippen molar-refractivity contribution in [2.24, 2.45) is 0 Å². The molecule has 1 N–H and O–H groups in total. The summed E-state index contributed by atoms with van der Waals surface area (Å²) in [7, 11) is 1.65. The van der Waals surface area contributed by atoms with Crippen molar-refractivity contribution in [1.82, 2.24) is 19.6 Å². The van der Waals surface area contributed by atoms with Gasteiger partial charge in [-0.3, -0.25) is 0 Å². The second kappa shape index (κ2) is 7.37. The van der Waals surface area contributed by atoms with Crippen LogP contribution in [0, 0.1) is 0 Å². The summed E-state index contributed by atoms with van der Waals surface area (Å²) in [5.74, 6) is 2.55. The Morgan fingerprint density at radius 2 is 2.19 bits per heavy atom. The number of fused-ring (bicyclic) bond motifs is 2. The molecule has 4 heterocycles. The molecule has 0 radical (unpaired) electrons. The average molecular weight is 367 g/mol. The fraction of sp³-hybridized carbons (Fsp3) is 0.316. The number of nitrogens with zero attached hydrogens (tertiary/aromatic N) is 4. The smallest absolute Gasteiger partial charge is 0.160 e. The molecule has 6 nitrogen and oxygen atoms in total. The molecule has 0 bridgehead atoms. The van der Waals surface area contributed by atoms with E-state index in [0.717, 1.165) is 51.8 Å². The number of methoxy groups -OCH3 is 1. The lowest BCUT2D eigenvalue weighted by Gasteiger charge is -2.17. The van der Waals surface area contributed by atoms with Gasteiger partial charge in [0.05, 0.1) is 30.1 Å². The molecule has 1 aliphatic rings. The number of hydrogen-bond acceptors (Lipinski definition) is 6. The Hall–Kier alpha value is -2.54. The van der Waals surface area contributed by atoms with Gasteiger partial charge >= 0.3 is 0 Å². The number of pyridine rings is 1. The number of allylic oxidation sites excluding steroid dienone is 1. The van der Waals surface area contributed by atoms with Gasteiger partial charge in [-0.2, -0.15) is 5.10 Å². The van der Waals surface area contributed by atoms with Gasteiger partial charge in [0.15, 0.2) is 5.75 Å². The van der Waals surface area contributed by atoms with Crippen LogP contribution in [0.15, 0.2) is 42.5 Å². The molecule has 134 valence electrons. The maximum atomic E-state index is 5.54. The summed E-state index contributed by atoms with van der Waals surface area (Å²) in [6.07, 6.45) is 9.78. The van der Waals surface area contributed by atoms with Crippen molar-refractivity contribution >= 4 is 34.4 Å². The van der Waals surface area contributed by atoms with Gasteiger partial charge in [0, 0.05) is 6.20 Å². The molecular weight excluding hydrogens is 346 g/mol. The number of ether oxygens (including phenoxy) is 1. The third kappa shape index (κ3) is 3.26. The van der Waals surface area contributed by atoms with Crippen LogP contribution in [0.1, 0.15) is 31.2 Å². The number of aromatic nitrogens is 4. The van der Waals surface area contributed by atoms with E-state index in [-0.39, 0.29) is 0 Å². The van der Waals surface area contributed by atoms with Crippen LogP contribution in [0.5, 0.6) is 5.75 Å². The van der Waals surface area contributed by atoms with Crippen LogP contribution in [0.4, 0.5) is 11.5 Å². The zero-order valence-corrected chi connectivity index (χ0v) is 15.6. The van der Waals surface area contributed by atoms with Crippen molar-refractivity contribution < 1.29 is 4.74 Å². The predicted molar refractivity (Wildman–Crippen MR) is 105 cm³/mol. The molecule has 7 heteroatoms. The monoisotopic (exact) mass is 367 g/mol. The van der Waals surface area contributed by atoms with Gasteiger partial charge < -0.3 is 10.1 Å². The van der Waals surface area contributed by atoms with Gasteiger partial charge in [-0.05, 0) is 42.7 Å². The molecule has 0 spiro atoms. The molecule has 3 aromatic rings. The first-order chi connectivity index (χ1) is 12.8. The van der Waals surface area contributed by atoms with Crippen molar-refractivity contribution in [3.8, 4) is 5.75 Å². The van der Waals surface area contributed by atoms with E-state index < -0.39 is 0 Å². The second-order valence-electron chi connectivity index (χ2n) is 6.25. The zero-order valence-electron chi connectivity index (χ0n) is 14.7. The molecule has 1 aliphatic heterocycles. The van der Waals surface area contributed by atoms with Crippen LogP contribution in [-0.2, 0) is 0 Å². The molecule has 0 saturated heterocycles. The molecule has 0 aromatic carbocycles. The first-order valence-corrected chi connectivity index (χ1v) is 9.69. The lowest BCUT2D eigenvalue weighted by atomic mass is 10.0. The van der Waals surface area contributed by atoms with Crippen LogP contribution in [0.2, 0.25) is 0 Å². The summed E-state index contributed by atoms with van der Waals surface area (Å²) in [6.45, 7) is 4.31. The second-order valence-corrected chi connectivity index (χ2v) is 7.33. The molecule has 0 fully saturated rings. The van der Waals surface area contributed by atoms with E-state index in [1.165, 1.54) is 12.8 Å². The summed E-state index contributed by atoms with van der Waals surface area (Å²) in [5, 5.41) is 8.70. The van der Waals surface area contributed by atoms with Crippen molar-refractivity contribution in [2.75, 3.05) is 18.2 Å². The van der Waals surface area contributed by atoms with Crippen LogP contribution in [-0.4, -0.2) is 32.4 Å². The maximum absolute atomic E-state index is 5.54. The van der Waals surface area contributed by atoms with Gasteiger partial charge in [0.1, 0.15) is 17.2 Å². The average Bonchev–Trinajstić information content (AvgIpc) is 3.13. The van der Waals surface area contributed by atoms with Crippen molar-refractivity contribution in [1.29, 1.82) is 0 Å². The maximum Gasteiger partial charge on any atom is 0.160 e. The highest BCUT2D eigenvalue weighted by Gasteiger charge is 2.18. The Morgan fingerprint density at radius 1 is 1.27 bits per heavy atom. The Labute approximate surface area is 156 Å². The Kier molecular flexibility index (Phi) is 4.79. The molecule has 0 saturated carbocycles. The third-order valence-corrected chi connectivity index (χ3v) is 5.57. The quantitative estimate of drug-likeness (QED) is 0.685. The highest BCUT2D eigenvalue weighted by atomic mass is 32.2. The fourth-order valence-electron chi connectivity index (χ4n) is 3.14. The van der Waals surface area contributed by atoms with E-state index >= 15 is 0 Å². The highest BCUT2D eigenvalue weighted by Crippen LogP contribution is 2.37. The van der Waals surface area contributed by atoms with E-state index in [4.69, 9.17) is 4.74 Å². The van der Waals surface area contributed by atoms with Crippen LogP contribution < -0.4 is 10.1 Å². The number of anilines is 2. The van der Waals surface area contributed by atoms with Gasteiger partial charge in [-0.15, -0.1) is 11.8 Å². The molecule has 0 aliphatic carbocycles. The van der Waals surface area contributed by atoms with Gasteiger partial charge in [0.2, 0.25) is 0 Å². The topological polar surface area (TPSA) is 64.3 Å². The molecular formula is C19H21N5OS. The predicted octanol–water partition coefficient (Wildman–Crippen LogP) is 4.56. The van der Waals surface area contributed by atoms with Gasteiger partial charge in [-0.25, -0.2) is 14.5 Å². The fourth-order valence-corrected chi connectivity index (χ4v) is 4.19. The molecule has 4 rings (SSSR count). The lowest BCUT2D eigenvalue weighted by molar-refractivity contribution is 0.413. The van der Waals surface area contributed by atoms with Crippen molar-refractivity contribution in [2.45, 2.75) is 30.7 Å². The summed E-state index contributed by atoms with van der Waals surface area (Å²) >= 11 is 1.78. The summed E-state index contributed by atoms with van der Waals surface area (Å²) < 4.78 is 7.32. The first-order valence-electron chi connectivity index (χ1n) is 8.70. The number of thioether (sulfide) groups is 1. The Morgan fingerprint density at radius 3 is 3.08 bits per heavy atom. The molecule has 3 aromatic heterocycles. The van der Waals surface area contributed by atoms with Gasteiger partial charge in [0.25, 0.3) is 0 Å². The summed E-state index contributed by atoms with van der Waals surface area (Å²) in [6, 6.07) is 3.96. The normalized spacial score (nSPS) is 15.0. The van der Waals surface area contributed by atoms with Crippen molar-refractivity contribution in [3.05, 3.63) is 43.0 Å². The number of hydrogen-bond donors (Lipinski definition) is 1. The summed E-state index contributed by atoms with van der Waals surface area (Å²) in [5.41, 5.74) is 3.94. The van der Waals surface area contributed by atoms with E-state index in [0.29, 0.717) is 5.75 Å². The van der Waals surface area contributed by atoms with E-state index in [9.17, 15) is 0 Å². The highest BCUT2D eigenvalue weighted by molar-refractivity contribution is 7.99. The minimum atomic E-state index is 0.704. The van der Waals surface area contributed by atoms with Crippen molar-refractivity contribution in [3.63, 3.8) is 0 Å². The standard InChI is InChI=1S/C19H21N5OS/c1-13-6-4-3-5-9-26-19-17(13)18(20-12-21-19)23-15-10-14-7-8-22-24(14)11-16(15)25-2/h7-8,10-12H,1,3-6,9H2,2H3,(H,20,21,23). The largest absolute Gasteiger partial charge is 0.493 e. The summed E-state index contributed by atoms with van der Waals surface area (Å²) in [4.78, 5) is 9.01. The molecule has 0 unspecified atom stereocenters. The van der Waals surface area contributed by atoms with Crippen LogP contribution in [0.3, 0.4) is 0 Å². The van der Waals surface area contributed by atoms with E-state index in [1.807, 2.05) is 18.3 Å². The van der Waals surface area contributed by atoms with Crippen LogP contribution in [0.25, 0.3) is 11.1 Å². The first kappa shape index (κ1) is 16.9. The SMILES string of the molecule is C=C1CCCCCSc2ncnc(Nc3cc4ccnn4cc3OC)c21. The minimum absolute atomic E-state index is 0.704. The number of nitrogens with one attached hydrogen (secondary N) is 1. The van der Waals surface area contributed by atoms with E-state index in [2.05, 4.69) is 27.0 Å². The zero-order chi connectivity index (χ0) is 17.9. The Balaban J connectivity index is 1.77. The third-order valence-electron chi connectivity index (χ3n) is 4.50. The molecule has 0 amide bonds. The van der Waals surface area contributed by atoms with E-state index in [1.54, 1.807) is 35.9 Å². The van der Waals surface area contributed by atoms with Gasteiger partial charge in [-0.1, -0.05) is 13.0 Å². The molecule has 26 heavy (non-hydrogen) atoms. The Bertz CT molecular complexity index is 952. The van der Waals surface area contributed by atoms with Crippen LogP contribution >= 0.6 is 11.8 Å². The minimum Gasteiger partial charge on any atom is -0.493 e.